The minimum Gasteiger partial charge on any atom is -0.481 e. The Balaban J connectivity index is 1.24. The number of hydrogen-bond acceptors (Lipinski definition) is 6. The monoisotopic (exact) mass is 371 g/mol. The van der Waals surface area contributed by atoms with Crippen molar-refractivity contribution in [1.29, 1.82) is 0 Å². The van der Waals surface area contributed by atoms with Crippen molar-refractivity contribution in [3.05, 3.63) is 29.7 Å². The fraction of sp³-hybridized carbons (Fsp3) is 0.556. The maximum Gasteiger partial charge on any atom is 0.317 e. The number of aromatic amines is 1. The normalized spacial score (nSPS) is 20.0. The largest absolute Gasteiger partial charge is 0.481 e. The van der Waals surface area contributed by atoms with Gasteiger partial charge in [0.05, 0.1) is 13.3 Å². The lowest BCUT2D eigenvalue weighted by molar-refractivity contribution is 0.178. The zero-order chi connectivity index (χ0) is 18.6. The van der Waals surface area contributed by atoms with Gasteiger partial charge in [-0.1, -0.05) is 0 Å². The van der Waals surface area contributed by atoms with Crippen LogP contribution in [0.1, 0.15) is 30.5 Å². The van der Waals surface area contributed by atoms with Crippen LogP contribution in [0.2, 0.25) is 0 Å². The van der Waals surface area contributed by atoms with Crippen molar-refractivity contribution in [2.45, 2.75) is 44.2 Å². The molecule has 2 aromatic heterocycles. The van der Waals surface area contributed by atoms with Crippen LogP contribution < -0.4 is 15.4 Å². The number of nitrogens with zero attached hydrogens (tertiary/aromatic N) is 4. The lowest BCUT2D eigenvalue weighted by atomic mass is 9.94. The molecule has 2 aromatic rings. The molecule has 0 unspecified atom stereocenters. The summed E-state index contributed by atoms with van der Waals surface area (Å²) in [5.41, 5.74) is 2.42. The molecule has 144 valence electrons. The number of urea groups is 1. The molecule has 2 amide bonds. The average molecular weight is 371 g/mol. The smallest absolute Gasteiger partial charge is 0.317 e. The van der Waals surface area contributed by atoms with Gasteiger partial charge < -0.3 is 20.3 Å². The first-order valence-electron chi connectivity index (χ1n) is 9.41. The minimum absolute atomic E-state index is 0.0306. The maximum absolute atomic E-state index is 12.6. The number of carbonyl (C=O) groups excluding carboxylic acids is 1. The first-order chi connectivity index (χ1) is 13.2. The number of rotatable bonds is 4. The summed E-state index contributed by atoms with van der Waals surface area (Å²) in [5, 5.41) is 13.6. The molecule has 9 nitrogen and oxygen atoms in total. The van der Waals surface area contributed by atoms with Gasteiger partial charge in [-0.15, -0.1) is 0 Å². The number of aryl methyl sites for hydroxylation is 1. The fourth-order valence-electron chi connectivity index (χ4n) is 3.74. The van der Waals surface area contributed by atoms with Gasteiger partial charge in [-0.25, -0.2) is 9.78 Å². The summed E-state index contributed by atoms with van der Waals surface area (Å²) in [6, 6.07) is 2.19. The van der Waals surface area contributed by atoms with E-state index in [1.54, 1.807) is 19.4 Å². The van der Waals surface area contributed by atoms with Crippen molar-refractivity contribution in [2.24, 2.45) is 0 Å². The highest BCUT2D eigenvalue weighted by molar-refractivity contribution is 5.74. The summed E-state index contributed by atoms with van der Waals surface area (Å²) in [7, 11) is 1.59. The molecule has 1 aliphatic heterocycles. The lowest BCUT2D eigenvalue weighted by Gasteiger charge is -2.34. The van der Waals surface area contributed by atoms with Crippen LogP contribution in [-0.4, -0.2) is 63.4 Å². The molecule has 1 fully saturated rings. The average Bonchev–Trinajstić information content (AvgIpc) is 3.16. The Morgan fingerprint density at radius 1 is 1.30 bits per heavy atom. The van der Waals surface area contributed by atoms with Crippen molar-refractivity contribution < 1.29 is 9.53 Å². The van der Waals surface area contributed by atoms with Crippen molar-refractivity contribution in [3.63, 3.8) is 0 Å². The molecule has 1 saturated heterocycles. The van der Waals surface area contributed by atoms with E-state index >= 15 is 0 Å². The third-order valence-corrected chi connectivity index (χ3v) is 5.30. The summed E-state index contributed by atoms with van der Waals surface area (Å²) in [5.74, 6) is 1.10. The second-order valence-electron chi connectivity index (χ2n) is 7.09. The highest BCUT2D eigenvalue weighted by atomic mass is 16.5. The number of hydrogen-bond donors (Lipinski definition) is 3. The zero-order valence-corrected chi connectivity index (χ0v) is 15.4. The van der Waals surface area contributed by atoms with Crippen LogP contribution in [0.4, 0.5) is 10.7 Å². The Hall–Kier alpha value is -2.84. The number of piperidine rings is 1. The number of methoxy groups -OCH3 is 1. The van der Waals surface area contributed by atoms with E-state index in [1.807, 2.05) is 11.1 Å². The van der Waals surface area contributed by atoms with Gasteiger partial charge in [0.25, 0.3) is 0 Å². The van der Waals surface area contributed by atoms with E-state index in [4.69, 9.17) is 4.74 Å². The van der Waals surface area contributed by atoms with E-state index in [2.05, 4.69) is 30.8 Å². The molecule has 0 bridgehead atoms. The Morgan fingerprint density at radius 2 is 2.15 bits per heavy atom. The van der Waals surface area contributed by atoms with Gasteiger partial charge in [-0.05, 0) is 37.7 Å². The van der Waals surface area contributed by atoms with Crippen LogP contribution in [-0.2, 0) is 12.8 Å². The minimum atomic E-state index is 0.0306. The molecule has 0 spiro atoms. The number of carbonyl (C=O) groups is 1. The summed E-state index contributed by atoms with van der Waals surface area (Å²) in [6.07, 6.45) is 8.01. The molecule has 1 atom stereocenters. The van der Waals surface area contributed by atoms with Gasteiger partial charge in [-0.2, -0.15) is 10.1 Å². The molecule has 27 heavy (non-hydrogen) atoms. The molecule has 0 radical (unpaired) electrons. The quantitative estimate of drug-likeness (QED) is 0.749. The molecule has 0 aromatic carbocycles. The molecule has 2 aliphatic rings. The van der Waals surface area contributed by atoms with E-state index in [1.165, 1.54) is 11.3 Å². The molecule has 3 heterocycles. The van der Waals surface area contributed by atoms with Crippen LogP contribution in [0.5, 0.6) is 5.88 Å². The molecular weight excluding hydrogens is 346 g/mol. The number of likely N-dealkylation sites (tertiary alicyclic amines) is 1. The number of anilines is 1. The Morgan fingerprint density at radius 3 is 2.96 bits per heavy atom. The van der Waals surface area contributed by atoms with E-state index < -0.39 is 0 Å². The molecule has 3 N–H and O–H groups in total. The predicted octanol–water partition coefficient (Wildman–Crippen LogP) is 1.35. The van der Waals surface area contributed by atoms with Crippen LogP contribution in [0.3, 0.4) is 0 Å². The van der Waals surface area contributed by atoms with Gasteiger partial charge in [0.15, 0.2) is 0 Å². The van der Waals surface area contributed by atoms with Crippen molar-refractivity contribution in [2.75, 3.05) is 25.5 Å². The summed E-state index contributed by atoms with van der Waals surface area (Å²) >= 11 is 0. The number of ether oxygens (including phenoxy) is 1. The van der Waals surface area contributed by atoms with Crippen LogP contribution in [0, 0.1) is 0 Å². The van der Waals surface area contributed by atoms with Crippen molar-refractivity contribution >= 4 is 12.0 Å². The topological polar surface area (TPSA) is 108 Å². The number of aromatic nitrogens is 4. The zero-order valence-electron chi connectivity index (χ0n) is 15.4. The van der Waals surface area contributed by atoms with Crippen LogP contribution in [0.25, 0.3) is 0 Å². The molecule has 0 saturated carbocycles. The van der Waals surface area contributed by atoms with Gasteiger partial charge in [0, 0.05) is 43.1 Å². The first-order valence-corrected chi connectivity index (χ1v) is 9.41. The third kappa shape index (κ3) is 4.12. The lowest BCUT2D eigenvalue weighted by Crippen LogP contribution is -2.50. The molecule has 1 aliphatic carbocycles. The van der Waals surface area contributed by atoms with Crippen molar-refractivity contribution in [1.82, 2.24) is 30.4 Å². The highest BCUT2D eigenvalue weighted by Crippen LogP contribution is 2.20. The standard InChI is InChI=1S/C18H25N7O2/c1-27-16-4-7-19-17(23-16)21-13-5-8-25(9-6-13)18(26)22-14-2-3-15-12(10-14)11-20-24-15/h4,7,11,13-14H,2-3,5-6,8-10H2,1H3,(H,20,24)(H,22,26)(H,19,21,23)/t14-/m0/s1. The Bertz CT molecular complexity index is 786. The maximum atomic E-state index is 12.6. The summed E-state index contributed by atoms with van der Waals surface area (Å²) in [6.45, 7) is 1.44. The number of nitrogens with one attached hydrogen (secondary N) is 3. The van der Waals surface area contributed by atoms with Gasteiger partial charge in [0.1, 0.15) is 0 Å². The van der Waals surface area contributed by atoms with Gasteiger partial charge in [-0.3, -0.25) is 5.10 Å². The highest BCUT2D eigenvalue weighted by Gasteiger charge is 2.27. The third-order valence-electron chi connectivity index (χ3n) is 5.30. The first kappa shape index (κ1) is 17.6. The summed E-state index contributed by atoms with van der Waals surface area (Å²) in [4.78, 5) is 23.0. The number of amides is 2. The second kappa shape index (κ2) is 7.81. The predicted molar refractivity (Wildman–Crippen MR) is 99.7 cm³/mol. The van der Waals surface area contributed by atoms with Crippen molar-refractivity contribution in [3.8, 4) is 5.88 Å². The van der Waals surface area contributed by atoms with E-state index in [0.29, 0.717) is 11.8 Å². The SMILES string of the molecule is COc1ccnc(NC2CCN(C(=O)N[C@H]3CCc4[nH]ncc4C3)CC2)n1. The van der Waals surface area contributed by atoms with Crippen LogP contribution >= 0.6 is 0 Å². The molecule has 4 rings (SSSR count). The Labute approximate surface area is 157 Å². The van der Waals surface area contributed by atoms with Crippen LogP contribution in [0.15, 0.2) is 18.5 Å². The van der Waals surface area contributed by atoms with E-state index in [9.17, 15) is 4.79 Å². The molecular formula is C18H25N7O2. The Kier molecular flexibility index (Phi) is 5.08. The van der Waals surface area contributed by atoms with Gasteiger partial charge >= 0.3 is 6.03 Å². The number of fused-ring (bicyclic) bond motifs is 1. The van der Waals surface area contributed by atoms with Gasteiger partial charge in [0.2, 0.25) is 11.8 Å². The van der Waals surface area contributed by atoms with E-state index in [-0.39, 0.29) is 18.1 Å². The van der Waals surface area contributed by atoms with E-state index in [0.717, 1.165) is 45.2 Å². The fourth-order valence-corrected chi connectivity index (χ4v) is 3.74. The summed E-state index contributed by atoms with van der Waals surface area (Å²) < 4.78 is 5.12. The molecule has 9 heteroatoms. The number of H-pyrrole nitrogens is 1. The second-order valence-corrected chi connectivity index (χ2v) is 7.09.